The van der Waals surface area contributed by atoms with E-state index in [1.165, 1.54) is 6.07 Å². The summed E-state index contributed by atoms with van der Waals surface area (Å²) in [7, 11) is 0. The van der Waals surface area contributed by atoms with Crippen LogP contribution in [-0.2, 0) is 4.74 Å². The first-order chi connectivity index (χ1) is 9.25. The molecule has 0 atom stereocenters. The standard InChI is InChI=1S/C13H16FN3O2/c14-11-9-10(17-4-3-15-13(17)18)1-2-12(11)16-5-7-19-8-6-16/h1-2,9H,3-8H2,(H,15,18). The van der Waals surface area contributed by atoms with E-state index in [1.807, 2.05) is 4.90 Å². The van der Waals surface area contributed by atoms with Crippen LogP contribution in [-0.4, -0.2) is 45.4 Å². The van der Waals surface area contributed by atoms with E-state index < -0.39 is 0 Å². The fraction of sp³-hybridized carbons (Fsp3) is 0.462. The monoisotopic (exact) mass is 265 g/mol. The van der Waals surface area contributed by atoms with Gasteiger partial charge >= 0.3 is 6.03 Å². The van der Waals surface area contributed by atoms with Gasteiger partial charge in [-0.15, -0.1) is 0 Å². The molecule has 0 unspecified atom stereocenters. The number of hydrogen-bond donors (Lipinski definition) is 1. The van der Waals surface area contributed by atoms with Crippen molar-refractivity contribution in [2.45, 2.75) is 0 Å². The molecule has 1 N–H and O–H groups in total. The van der Waals surface area contributed by atoms with Gasteiger partial charge in [-0.1, -0.05) is 0 Å². The molecular weight excluding hydrogens is 249 g/mol. The molecular formula is C13H16FN3O2. The number of nitrogens with one attached hydrogen (secondary N) is 1. The van der Waals surface area contributed by atoms with Crippen molar-refractivity contribution in [3.63, 3.8) is 0 Å². The zero-order chi connectivity index (χ0) is 13.2. The van der Waals surface area contributed by atoms with Gasteiger partial charge in [-0.2, -0.15) is 0 Å². The van der Waals surface area contributed by atoms with E-state index in [0.717, 1.165) is 0 Å². The summed E-state index contributed by atoms with van der Waals surface area (Å²) >= 11 is 0. The molecule has 0 spiro atoms. The summed E-state index contributed by atoms with van der Waals surface area (Å²) in [5.41, 5.74) is 1.18. The molecule has 3 rings (SSSR count). The van der Waals surface area contributed by atoms with E-state index >= 15 is 0 Å². The predicted molar refractivity (Wildman–Crippen MR) is 70.2 cm³/mol. The lowest BCUT2D eigenvalue weighted by Crippen LogP contribution is -2.36. The van der Waals surface area contributed by atoms with Crippen molar-refractivity contribution in [1.82, 2.24) is 5.32 Å². The summed E-state index contributed by atoms with van der Waals surface area (Å²) in [6, 6.07) is 4.79. The van der Waals surface area contributed by atoms with E-state index in [1.54, 1.807) is 17.0 Å². The lowest BCUT2D eigenvalue weighted by molar-refractivity contribution is 0.122. The van der Waals surface area contributed by atoms with Crippen molar-refractivity contribution in [3.05, 3.63) is 24.0 Å². The Hall–Kier alpha value is -1.82. The van der Waals surface area contributed by atoms with Crippen LogP contribution in [0.25, 0.3) is 0 Å². The van der Waals surface area contributed by atoms with Crippen molar-refractivity contribution >= 4 is 17.4 Å². The summed E-state index contributed by atoms with van der Waals surface area (Å²) in [6.07, 6.45) is 0. The zero-order valence-corrected chi connectivity index (χ0v) is 10.6. The fourth-order valence-corrected chi connectivity index (χ4v) is 2.44. The lowest BCUT2D eigenvalue weighted by atomic mass is 10.2. The van der Waals surface area contributed by atoms with Crippen molar-refractivity contribution in [3.8, 4) is 0 Å². The number of carbonyl (C=O) groups excluding carboxylic acids is 1. The molecule has 0 aromatic heterocycles. The van der Waals surface area contributed by atoms with Gasteiger partial charge in [0.05, 0.1) is 18.9 Å². The van der Waals surface area contributed by atoms with Crippen molar-refractivity contribution in [2.75, 3.05) is 49.2 Å². The molecule has 6 heteroatoms. The normalized spacial score (nSPS) is 19.7. The van der Waals surface area contributed by atoms with Crippen LogP contribution in [0.4, 0.5) is 20.6 Å². The molecule has 0 saturated carbocycles. The number of rotatable bonds is 2. The van der Waals surface area contributed by atoms with Gasteiger partial charge in [-0.05, 0) is 18.2 Å². The highest BCUT2D eigenvalue weighted by atomic mass is 19.1. The molecule has 2 heterocycles. The number of benzene rings is 1. The maximum absolute atomic E-state index is 14.2. The molecule has 2 saturated heterocycles. The third-order valence-corrected chi connectivity index (χ3v) is 3.45. The van der Waals surface area contributed by atoms with E-state index in [-0.39, 0.29) is 11.8 Å². The van der Waals surface area contributed by atoms with Crippen molar-refractivity contribution in [2.24, 2.45) is 0 Å². The first kappa shape index (κ1) is 12.2. The minimum atomic E-state index is -0.292. The highest BCUT2D eigenvalue weighted by Crippen LogP contribution is 2.26. The van der Waals surface area contributed by atoms with Gasteiger partial charge in [0, 0.05) is 31.9 Å². The summed E-state index contributed by atoms with van der Waals surface area (Å²) in [5, 5.41) is 2.70. The van der Waals surface area contributed by atoms with Crippen LogP contribution in [0.15, 0.2) is 18.2 Å². The maximum Gasteiger partial charge on any atom is 0.321 e. The van der Waals surface area contributed by atoms with Crippen LogP contribution in [0, 0.1) is 5.82 Å². The fourth-order valence-electron chi connectivity index (χ4n) is 2.44. The second-order valence-electron chi connectivity index (χ2n) is 4.62. The van der Waals surface area contributed by atoms with Gasteiger partial charge in [0.2, 0.25) is 0 Å². The maximum atomic E-state index is 14.2. The van der Waals surface area contributed by atoms with E-state index in [2.05, 4.69) is 5.32 Å². The van der Waals surface area contributed by atoms with Crippen molar-refractivity contribution < 1.29 is 13.9 Å². The Morgan fingerprint density at radius 3 is 2.63 bits per heavy atom. The highest BCUT2D eigenvalue weighted by molar-refractivity contribution is 5.94. The first-order valence-electron chi connectivity index (χ1n) is 6.43. The molecule has 1 aromatic rings. The average molecular weight is 265 g/mol. The minimum Gasteiger partial charge on any atom is -0.378 e. The molecule has 19 heavy (non-hydrogen) atoms. The van der Waals surface area contributed by atoms with Gasteiger partial charge in [0.25, 0.3) is 0 Å². The Kier molecular flexibility index (Phi) is 3.25. The molecule has 2 aliphatic heterocycles. The topological polar surface area (TPSA) is 44.8 Å². The number of hydrogen-bond acceptors (Lipinski definition) is 3. The average Bonchev–Trinajstić information content (AvgIpc) is 2.86. The van der Waals surface area contributed by atoms with Gasteiger partial charge in [-0.25, -0.2) is 9.18 Å². The van der Waals surface area contributed by atoms with Crippen LogP contribution in [0.5, 0.6) is 0 Å². The SMILES string of the molecule is O=C1NCCN1c1ccc(N2CCOCC2)c(F)c1. The zero-order valence-electron chi connectivity index (χ0n) is 10.6. The Morgan fingerprint density at radius 2 is 2.00 bits per heavy atom. The second-order valence-corrected chi connectivity index (χ2v) is 4.62. The summed E-state index contributed by atoms with van der Waals surface area (Å²) in [6.45, 7) is 3.81. The number of ether oxygens (including phenoxy) is 1. The number of anilines is 2. The Bertz CT molecular complexity index is 489. The Morgan fingerprint density at radius 1 is 1.21 bits per heavy atom. The number of morpholine rings is 1. The molecule has 2 amide bonds. The number of nitrogens with zero attached hydrogens (tertiary/aromatic N) is 2. The lowest BCUT2D eigenvalue weighted by Gasteiger charge is -2.29. The van der Waals surface area contributed by atoms with Gasteiger partial charge in [0.15, 0.2) is 0 Å². The van der Waals surface area contributed by atoms with E-state index in [4.69, 9.17) is 4.74 Å². The molecule has 2 aliphatic rings. The van der Waals surface area contributed by atoms with Gasteiger partial charge in [-0.3, -0.25) is 4.90 Å². The minimum absolute atomic E-state index is 0.168. The quantitative estimate of drug-likeness (QED) is 0.873. The van der Waals surface area contributed by atoms with E-state index in [0.29, 0.717) is 50.8 Å². The number of urea groups is 1. The third-order valence-electron chi connectivity index (χ3n) is 3.45. The molecule has 1 aromatic carbocycles. The summed E-state index contributed by atoms with van der Waals surface area (Å²) < 4.78 is 19.4. The Labute approximate surface area is 110 Å². The Balaban J connectivity index is 1.82. The molecule has 0 radical (unpaired) electrons. The smallest absolute Gasteiger partial charge is 0.321 e. The predicted octanol–water partition coefficient (Wildman–Crippen LogP) is 1.19. The molecule has 2 fully saturated rings. The first-order valence-corrected chi connectivity index (χ1v) is 6.43. The van der Waals surface area contributed by atoms with Crippen LogP contribution in [0.2, 0.25) is 0 Å². The summed E-state index contributed by atoms with van der Waals surface area (Å²) in [4.78, 5) is 15.1. The summed E-state index contributed by atoms with van der Waals surface area (Å²) in [5.74, 6) is -0.292. The van der Waals surface area contributed by atoms with Crippen molar-refractivity contribution in [1.29, 1.82) is 0 Å². The molecule has 102 valence electrons. The van der Waals surface area contributed by atoms with Crippen LogP contribution in [0.1, 0.15) is 0 Å². The van der Waals surface area contributed by atoms with E-state index in [9.17, 15) is 9.18 Å². The molecule has 5 nitrogen and oxygen atoms in total. The number of amides is 2. The van der Waals surface area contributed by atoms with Crippen LogP contribution < -0.4 is 15.1 Å². The number of carbonyl (C=O) groups is 1. The van der Waals surface area contributed by atoms with Gasteiger partial charge < -0.3 is 15.0 Å². The third kappa shape index (κ3) is 2.35. The highest BCUT2D eigenvalue weighted by Gasteiger charge is 2.23. The van der Waals surface area contributed by atoms with Gasteiger partial charge in [0.1, 0.15) is 5.82 Å². The molecule has 0 aliphatic carbocycles. The van der Waals surface area contributed by atoms with Crippen LogP contribution >= 0.6 is 0 Å². The number of halogens is 1. The largest absolute Gasteiger partial charge is 0.378 e. The second kappa shape index (κ2) is 5.05. The van der Waals surface area contributed by atoms with Crippen LogP contribution in [0.3, 0.4) is 0 Å². The molecule has 0 bridgehead atoms.